The van der Waals surface area contributed by atoms with E-state index in [1.165, 1.54) is 0 Å². The van der Waals surface area contributed by atoms with E-state index in [1.807, 2.05) is 55.5 Å². The second kappa shape index (κ2) is 8.27. The largest absolute Gasteiger partial charge is 0.423 e. The van der Waals surface area contributed by atoms with Gasteiger partial charge in [-0.2, -0.15) is 0 Å². The number of hydrogen-bond acceptors (Lipinski definition) is 5. The monoisotopic (exact) mass is 461 g/mol. The Kier molecular flexibility index (Phi) is 5.06. The normalized spacial score (nSPS) is 20.7. The molecule has 5 nitrogen and oxygen atoms in total. The number of allylic oxidation sites excluding steroid dienone is 2. The lowest BCUT2D eigenvalue weighted by Gasteiger charge is -2.33. The predicted molar refractivity (Wildman–Crippen MR) is 132 cm³/mol. The molecule has 1 aliphatic heterocycles. The number of fused-ring (bicyclic) bond motifs is 3. The third-order valence-electron chi connectivity index (χ3n) is 7.11. The first-order chi connectivity index (χ1) is 17.0. The first-order valence-corrected chi connectivity index (χ1v) is 11.9. The Morgan fingerprint density at radius 3 is 2.31 bits per heavy atom. The highest BCUT2D eigenvalue weighted by Gasteiger charge is 2.48. The molecule has 0 bridgehead atoms. The third-order valence-corrected chi connectivity index (χ3v) is 7.11. The SMILES string of the molecule is Cc1ccc(C(=O)Oc2ccc([C@@H]3C4=C(CCCC4=O)N=C4c5ccccc5C(=O)[C@H]43)cc2)cc1. The Morgan fingerprint density at radius 2 is 1.57 bits per heavy atom. The molecule has 0 aromatic heterocycles. The minimum Gasteiger partial charge on any atom is -0.423 e. The number of ether oxygens (including phenoxy) is 1. The molecule has 0 radical (unpaired) electrons. The van der Waals surface area contributed by atoms with Gasteiger partial charge in [0.15, 0.2) is 11.6 Å². The third kappa shape index (κ3) is 3.55. The molecule has 0 N–H and O–H groups in total. The second-order valence-electron chi connectivity index (χ2n) is 9.32. The minimum absolute atomic E-state index is 0.00384. The van der Waals surface area contributed by atoms with Gasteiger partial charge in [-0.3, -0.25) is 14.6 Å². The van der Waals surface area contributed by atoms with Crippen molar-refractivity contribution >= 4 is 23.2 Å². The fourth-order valence-corrected chi connectivity index (χ4v) is 5.41. The fraction of sp³-hybridized carbons (Fsp3) is 0.200. The van der Waals surface area contributed by atoms with Crippen LogP contribution in [0.4, 0.5) is 0 Å². The van der Waals surface area contributed by atoms with Gasteiger partial charge in [-0.15, -0.1) is 0 Å². The van der Waals surface area contributed by atoms with Gasteiger partial charge in [0.1, 0.15) is 5.75 Å². The number of carbonyl (C=O) groups excluding carboxylic acids is 3. The lowest BCUT2D eigenvalue weighted by atomic mass is 9.71. The number of benzene rings is 3. The summed E-state index contributed by atoms with van der Waals surface area (Å²) in [6.07, 6.45) is 1.98. The molecule has 2 atom stereocenters. The van der Waals surface area contributed by atoms with Gasteiger partial charge >= 0.3 is 5.97 Å². The average molecular weight is 462 g/mol. The van der Waals surface area contributed by atoms with Gasteiger partial charge in [-0.25, -0.2) is 4.79 Å². The van der Waals surface area contributed by atoms with Crippen LogP contribution >= 0.6 is 0 Å². The molecule has 1 heterocycles. The van der Waals surface area contributed by atoms with Crippen LogP contribution in [0.15, 0.2) is 89.1 Å². The minimum atomic E-state index is -0.519. The summed E-state index contributed by atoms with van der Waals surface area (Å²) in [7, 11) is 0. The van der Waals surface area contributed by atoms with Crippen LogP contribution in [-0.2, 0) is 4.79 Å². The predicted octanol–water partition coefficient (Wildman–Crippen LogP) is 5.62. The van der Waals surface area contributed by atoms with Crippen molar-refractivity contribution in [2.75, 3.05) is 0 Å². The van der Waals surface area contributed by atoms with E-state index in [1.54, 1.807) is 24.3 Å². The van der Waals surface area contributed by atoms with Gasteiger partial charge in [-0.1, -0.05) is 54.1 Å². The number of aryl methyl sites for hydroxylation is 1. The summed E-state index contributed by atoms with van der Waals surface area (Å²) in [6.45, 7) is 1.96. The molecule has 5 heteroatoms. The number of ketones is 2. The van der Waals surface area contributed by atoms with Crippen molar-refractivity contribution in [3.63, 3.8) is 0 Å². The first-order valence-electron chi connectivity index (χ1n) is 11.9. The molecule has 35 heavy (non-hydrogen) atoms. The van der Waals surface area contributed by atoms with Crippen molar-refractivity contribution < 1.29 is 19.1 Å². The van der Waals surface area contributed by atoms with E-state index in [2.05, 4.69) is 0 Å². The number of Topliss-reactive ketones (excluding diaryl/α,β-unsaturated/α-hetero) is 2. The maximum absolute atomic E-state index is 13.5. The van der Waals surface area contributed by atoms with Gasteiger partial charge in [0.25, 0.3) is 0 Å². The van der Waals surface area contributed by atoms with Crippen LogP contribution in [0.5, 0.6) is 5.75 Å². The smallest absolute Gasteiger partial charge is 0.343 e. The first kappa shape index (κ1) is 21.4. The Hall–Kier alpha value is -4.12. The summed E-state index contributed by atoms with van der Waals surface area (Å²) in [5, 5.41) is 0. The van der Waals surface area contributed by atoms with Crippen LogP contribution in [0.1, 0.15) is 62.6 Å². The van der Waals surface area contributed by atoms with Crippen LogP contribution < -0.4 is 4.74 Å². The number of rotatable bonds is 3. The van der Waals surface area contributed by atoms with Crippen LogP contribution in [-0.4, -0.2) is 23.2 Å². The molecule has 3 aromatic rings. The Bertz CT molecular complexity index is 1440. The van der Waals surface area contributed by atoms with Gasteiger partial charge in [-0.05, 0) is 49.6 Å². The number of hydrogen-bond donors (Lipinski definition) is 0. The van der Waals surface area contributed by atoms with E-state index in [9.17, 15) is 14.4 Å². The van der Waals surface area contributed by atoms with E-state index in [0.29, 0.717) is 28.9 Å². The maximum Gasteiger partial charge on any atom is 0.343 e. The van der Waals surface area contributed by atoms with Gasteiger partial charge in [0.2, 0.25) is 0 Å². The van der Waals surface area contributed by atoms with E-state index >= 15 is 0 Å². The van der Waals surface area contributed by atoms with Crippen molar-refractivity contribution in [3.05, 3.63) is 112 Å². The lowest BCUT2D eigenvalue weighted by molar-refractivity contribution is -0.116. The highest BCUT2D eigenvalue weighted by atomic mass is 16.5. The molecule has 0 saturated heterocycles. The van der Waals surface area contributed by atoms with Crippen LogP contribution in [0.2, 0.25) is 0 Å². The molecule has 0 saturated carbocycles. The quantitative estimate of drug-likeness (QED) is 0.375. The van der Waals surface area contributed by atoms with E-state index in [-0.39, 0.29) is 11.6 Å². The van der Waals surface area contributed by atoms with Crippen molar-refractivity contribution in [1.29, 1.82) is 0 Å². The van der Waals surface area contributed by atoms with E-state index in [4.69, 9.17) is 9.73 Å². The summed E-state index contributed by atoms with van der Waals surface area (Å²) < 4.78 is 5.56. The summed E-state index contributed by atoms with van der Waals surface area (Å²) in [5.41, 5.74) is 6.14. The molecule has 6 rings (SSSR count). The standard InChI is InChI=1S/C30H23NO4/c1-17-9-11-19(12-10-17)30(34)35-20-15-13-18(14-16-20)25-26-23(7-4-8-24(26)32)31-28-21-5-2-3-6-22(21)29(33)27(25)28/h2-3,5-6,9-16,25,27H,4,7-8H2,1H3/t25-,27+/m1/s1. The number of aliphatic imine (C=N–C) groups is 1. The molecule has 3 aromatic carbocycles. The summed E-state index contributed by atoms with van der Waals surface area (Å²) in [4.78, 5) is 44.0. The highest BCUT2D eigenvalue weighted by molar-refractivity contribution is 6.30. The van der Waals surface area contributed by atoms with Crippen LogP contribution in [0.3, 0.4) is 0 Å². The molecule has 0 fully saturated rings. The summed E-state index contributed by atoms with van der Waals surface area (Å²) >= 11 is 0. The zero-order chi connectivity index (χ0) is 24.1. The van der Waals surface area contributed by atoms with Crippen LogP contribution in [0, 0.1) is 12.8 Å². The molecular weight excluding hydrogens is 438 g/mol. The Morgan fingerprint density at radius 1 is 0.857 bits per heavy atom. The summed E-state index contributed by atoms with van der Waals surface area (Å²) in [5.74, 6) is -0.865. The van der Waals surface area contributed by atoms with Crippen LogP contribution in [0.25, 0.3) is 0 Å². The maximum atomic E-state index is 13.5. The fourth-order valence-electron chi connectivity index (χ4n) is 5.41. The second-order valence-corrected chi connectivity index (χ2v) is 9.32. The Labute approximate surface area is 203 Å². The lowest BCUT2D eigenvalue weighted by Crippen LogP contribution is -2.33. The molecule has 0 amide bonds. The van der Waals surface area contributed by atoms with E-state index < -0.39 is 17.8 Å². The molecule has 172 valence electrons. The molecular formula is C30H23NO4. The van der Waals surface area contributed by atoms with Crippen molar-refractivity contribution in [1.82, 2.24) is 0 Å². The molecule has 0 spiro atoms. The number of esters is 1. The van der Waals surface area contributed by atoms with E-state index in [0.717, 1.165) is 40.9 Å². The van der Waals surface area contributed by atoms with Crippen molar-refractivity contribution in [2.24, 2.45) is 10.9 Å². The molecule has 0 unspecified atom stereocenters. The summed E-state index contributed by atoms with van der Waals surface area (Å²) in [6, 6.07) is 21.9. The van der Waals surface area contributed by atoms with Gasteiger partial charge < -0.3 is 4.74 Å². The van der Waals surface area contributed by atoms with Crippen molar-refractivity contribution in [2.45, 2.75) is 32.1 Å². The number of carbonyl (C=O) groups is 3. The topological polar surface area (TPSA) is 72.8 Å². The zero-order valence-electron chi connectivity index (χ0n) is 19.3. The zero-order valence-corrected chi connectivity index (χ0v) is 19.3. The molecule has 3 aliphatic rings. The van der Waals surface area contributed by atoms with Crippen molar-refractivity contribution in [3.8, 4) is 5.75 Å². The van der Waals surface area contributed by atoms with Gasteiger partial charge in [0.05, 0.1) is 17.2 Å². The average Bonchev–Trinajstić information content (AvgIpc) is 3.16. The molecule has 2 aliphatic carbocycles. The number of nitrogens with zero attached hydrogens (tertiary/aromatic N) is 1. The Balaban J connectivity index is 1.36. The highest BCUT2D eigenvalue weighted by Crippen LogP contribution is 2.48. The van der Waals surface area contributed by atoms with Gasteiger partial charge in [0, 0.05) is 34.7 Å².